The second-order valence-electron chi connectivity index (χ2n) is 3.73. The lowest BCUT2D eigenvalue weighted by molar-refractivity contribution is 0.521. The van der Waals surface area contributed by atoms with Crippen molar-refractivity contribution in [1.82, 2.24) is 5.32 Å². The molecule has 0 aromatic heterocycles. The van der Waals surface area contributed by atoms with Crippen LogP contribution < -0.4 is 22.5 Å². The zero-order valence-corrected chi connectivity index (χ0v) is 9.17. The minimum absolute atomic E-state index is 0.295. The minimum Gasteiger partial charge on any atom is -0.330 e. The lowest BCUT2D eigenvalue weighted by Gasteiger charge is -2.09. The molecule has 4 nitrogen and oxygen atoms in total. The molecule has 0 radical (unpaired) electrons. The molecule has 0 aliphatic carbocycles. The molecule has 4 heteroatoms. The van der Waals surface area contributed by atoms with Crippen LogP contribution in [0.4, 0.5) is 0 Å². The summed E-state index contributed by atoms with van der Waals surface area (Å²) in [5.41, 5.74) is 16.6. The van der Waals surface area contributed by atoms with Crippen LogP contribution in [0.2, 0.25) is 0 Å². The van der Waals surface area contributed by atoms with E-state index in [9.17, 15) is 0 Å². The molecule has 1 unspecified atom stereocenters. The average molecular weight is 202 g/mol. The Hall–Kier alpha value is -0.160. The van der Waals surface area contributed by atoms with Crippen LogP contribution in [-0.4, -0.2) is 32.2 Å². The summed E-state index contributed by atoms with van der Waals surface area (Å²) in [6.45, 7) is 3.59. The molecule has 7 N–H and O–H groups in total. The number of unbranched alkanes of at least 4 members (excludes halogenated alkanes) is 1. The van der Waals surface area contributed by atoms with Gasteiger partial charge >= 0.3 is 0 Å². The normalized spacial score (nSPS) is 13.1. The van der Waals surface area contributed by atoms with Gasteiger partial charge < -0.3 is 22.5 Å². The minimum atomic E-state index is 0.295. The lowest BCUT2D eigenvalue weighted by Crippen LogP contribution is -2.24. The molecule has 0 aliphatic heterocycles. The number of rotatable bonds is 10. The summed E-state index contributed by atoms with van der Waals surface area (Å²) in [6, 6.07) is 0.295. The van der Waals surface area contributed by atoms with E-state index in [2.05, 4.69) is 5.32 Å². The van der Waals surface area contributed by atoms with E-state index in [4.69, 9.17) is 17.2 Å². The molecule has 14 heavy (non-hydrogen) atoms. The van der Waals surface area contributed by atoms with Crippen LogP contribution >= 0.6 is 0 Å². The van der Waals surface area contributed by atoms with Gasteiger partial charge in [-0.3, -0.25) is 0 Å². The highest BCUT2D eigenvalue weighted by molar-refractivity contribution is 4.62. The van der Waals surface area contributed by atoms with Gasteiger partial charge in [0.1, 0.15) is 0 Å². The molecule has 0 saturated heterocycles. The first-order valence-electron chi connectivity index (χ1n) is 5.67. The molecular formula is C10H26N4. The van der Waals surface area contributed by atoms with E-state index in [-0.39, 0.29) is 0 Å². The maximum absolute atomic E-state index is 5.83. The Kier molecular flexibility index (Phi) is 10.8. The molecular weight excluding hydrogens is 176 g/mol. The highest BCUT2D eigenvalue weighted by Gasteiger charge is 1.99. The van der Waals surface area contributed by atoms with Crippen molar-refractivity contribution in [2.24, 2.45) is 17.2 Å². The molecule has 0 fully saturated rings. The van der Waals surface area contributed by atoms with Gasteiger partial charge in [-0.25, -0.2) is 0 Å². The van der Waals surface area contributed by atoms with Crippen molar-refractivity contribution >= 4 is 0 Å². The fourth-order valence-electron chi connectivity index (χ4n) is 1.37. The Labute approximate surface area is 87.6 Å². The van der Waals surface area contributed by atoms with Gasteiger partial charge in [-0.15, -0.1) is 0 Å². The summed E-state index contributed by atoms with van der Waals surface area (Å²) < 4.78 is 0. The first-order chi connectivity index (χ1) is 6.81. The van der Waals surface area contributed by atoms with E-state index in [1.54, 1.807) is 0 Å². The molecule has 0 aromatic rings. The van der Waals surface area contributed by atoms with Gasteiger partial charge in [0, 0.05) is 6.04 Å². The number of nitrogens with one attached hydrogen (secondary N) is 1. The van der Waals surface area contributed by atoms with Gasteiger partial charge in [0.05, 0.1) is 0 Å². The van der Waals surface area contributed by atoms with Crippen molar-refractivity contribution < 1.29 is 0 Å². The summed E-state index contributed by atoms with van der Waals surface area (Å²) in [4.78, 5) is 0. The van der Waals surface area contributed by atoms with Crippen molar-refractivity contribution in [3.63, 3.8) is 0 Å². The smallest absolute Gasteiger partial charge is 0.00508 e. The van der Waals surface area contributed by atoms with E-state index in [0.29, 0.717) is 12.6 Å². The molecule has 0 heterocycles. The SMILES string of the molecule is NCCCNCCCCC(N)CCN. The van der Waals surface area contributed by atoms with Gasteiger partial charge in [-0.2, -0.15) is 0 Å². The maximum atomic E-state index is 5.83. The summed E-state index contributed by atoms with van der Waals surface area (Å²) in [7, 11) is 0. The number of nitrogens with two attached hydrogens (primary N) is 3. The zero-order valence-electron chi connectivity index (χ0n) is 9.17. The Bertz CT molecular complexity index is 108. The van der Waals surface area contributed by atoms with Crippen LogP contribution in [0.5, 0.6) is 0 Å². The average Bonchev–Trinajstić information content (AvgIpc) is 2.17. The van der Waals surface area contributed by atoms with Crippen LogP contribution in [0.25, 0.3) is 0 Å². The lowest BCUT2D eigenvalue weighted by atomic mass is 10.1. The maximum Gasteiger partial charge on any atom is 0.00508 e. The third kappa shape index (κ3) is 9.92. The largest absolute Gasteiger partial charge is 0.330 e. The zero-order chi connectivity index (χ0) is 10.6. The van der Waals surface area contributed by atoms with E-state index in [0.717, 1.165) is 38.9 Å². The molecule has 0 saturated carbocycles. The topological polar surface area (TPSA) is 90.1 Å². The Morgan fingerprint density at radius 2 is 1.57 bits per heavy atom. The second kappa shape index (κ2) is 10.9. The van der Waals surface area contributed by atoms with Crippen molar-refractivity contribution in [3.8, 4) is 0 Å². The molecule has 0 aromatic carbocycles. The monoisotopic (exact) mass is 202 g/mol. The highest BCUT2D eigenvalue weighted by atomic mass is 14.8. The Balaban J connectivity index is 2.98. The molecule has 0 rings (SSSR count). The van der Waals surface area contributed by atoms with Crippen molar-refractivity contribution in [3.05, 3.63) is 0 Å². The second-order valence-corrected chi connectivity index (χ2v) is 3.73. The van der Waals surface area contributed by atoms with Gasteiger partial charge in [-0.05, 0) is 51.9 Å². The molecule has 86 valence electrons. The molecule has 0 aliphatic rings. The van der Waals surface area contributed by atoms with E-state index >= 15 is 0 Å². The fraction of sp³-hybridized carbons (Fsp3) is 1.00. The molecule has 1 atom stereocenters. The van der Waals surface area contributed by atoms with Crippen LogP contribution in [0.15, 0.2) is 0 Å². The summed E-state index contributed by atoms with van der Waals surface area (Å²) >= 11 is 0. The highest BCUT2D eigenvalue weighted by Crippen LogP contribution is 2.00. The first kappa shape index (κ1) is 13.8. The molecule has 0 amide bonds. The van der Waals surface area contributed by atoms with Crippen molar-refractivity contribution in [2.75, 3.05) is 26.2 Å². The van der Waals surface area contributed by atoms with Crippen molar-refractivity contribution in [1.29, 1.82) is 0 Å². The van der Waals surface area contributed by atoms with Crippen LogP contribution in [-0.2, 0) is 0 Å². The third-order valence-corrected chi connectivity index (χ3v) is 2.27. The van der Waals surface area contributed by atoms with Gasteiger partial charge in [-0.1, -0.05) is 6.42 Å². The van der Waals surface area contributed by atoms with E-state index < -0.39 is 0 Å². The Morgan fingerprint density at radius 1 is 0.857 bits per heavy atom. The summed E-state index contributed by atoms with van der Waals surface area (Å²) in [6.07, 6.45) is 5.49. The van der Waals surface area contributed by atoms with Gasteiger partial charge in [0.25, 0.3) is 0 Å². The predicted molar refractivity (Wildman–Crippen MR) is 62.0 cm³/mol. The Morgan fingerprint density at radius 3 is 2.21 bits per heavy atom. The van der Waals surface area contributed by atoms with Crippen LogP contribution in [0.3, 0.4) is 0 Å². The first-order valence-corrected chi connectivity index (χ1v) is 5.67. The van der Waals surface area contributed by atoms with Crippen LogP contribution in [0.1, 0.15) is 32.1 Å². The quantitative estimate of drug-likeness (QED) is 0.368. The number of hydrogen-bond acceptors (Lipinski definition) is 4. The van der Waals surface area contributed by atoms with E-state index in [1.807, 2.05) is 0 Å². The summed E-state index contributed by atoms with van der Waals surface area (Å²) in [5.74, 6) is 0. The molecule has 0 spiro atoms. The predicted octanol–water partition coefficient (Wildman–Crippen LogP) is -0.229. The van der Waals surface area contributed by atoms with Crippen molar-refractivity contribution in [2.45, 2.75) is 38.1 Å². The number of hydrogen-bond donors (Lipinski definition) is 4. The standard InChI is InChI=1S/C10H26N4/c11-6-3-9-14-8-2-1-4-10(13)5-7-12/h10,14H,1-9,11-13H2. The van der Waals surface area contributed by atoms with Gasteiger partial charge in [0.15, 0.2) is 0 Å². The summed E-state index contributed by atoms with van der Waals surface area (Å²) in [5, 5.41) is 3.35. The molecule has 0 bridgehead atoms. The fourth-order valence-corrected chi connectivity index (χ4v) is 1.37. The van der Waals surface area contributed by atoms with Crippen LogP contribution in [0, 0.1) is 0 Å². The third-order valence-electron chi connectivity index (χ3n) is 2.27. The van der Waals surface area contributed by atoms with E-state index in [1.165, 1.54) is 12.8 Å². The van der Waals surface area contributed by atoms with Gasteiger partial charge in [0.2, 0.25) is 0 Å².